The van der Waals surface area contributed by atoms with E-state index in [0.717, 1.165) is 11.1 Å². The Kier molecular flexibility index (Phi) is 5.77. The number of rotatable bonds is 6. The molecule has 0 amide bonds. The van der Waals surface area contributed by atoms with Crippen LogP contribution < -0.4 is 0 Å². The topological polar surface area (TPSA) is 26.3 Å². The van der Waals surface area contributed by atoms with Crippen molar-refractivity contribution in [2.45, 2.75) is 13.3 Å². The summed E-state index contributed by atoms with van der Waals surface area (Å²) in [5.41, 5.74) is 2.22. The van der Waals surface area contributed by atoms with Crippen molar-refractivity contribution in [3.63, 3.8) is 0 Å². The standard InChI is InChI=1S/C19H20O2/c1-2-21-19(20)18(15-17-11-7-4-8-12-17)14-13-16-9-5-3-6-10-16/h3-14,18H,2,15H2,1H3/b14-13+/t18-/m0/s1. The lowest BCUT2D eigenvalue weighted by Gasteiger charge is -2.12. The van der Waals surface area contributed by atoms with Gasteiger partial charge in [-0.3, -0.25) is 4.79 Å². The van der Waals surface area contributed by atoms with Gasteiger partial charge in [0.05, 0.1) is 12.5 Å². The highest BCUT2D eigenvalue weighted by atomic mass is 16.5. The van der Waals surface area contributed by atoms with E-state index in [2.05, 4.69) is 0 Å². The van der Waals surface area contributed by atoms with Crippen molar-refractivity contribution < 1.29 is 9.53 Å². The second-order valence-corrected chi connectivity index (χ2v) is 4.82. The first-order chi connectivity index (χ1) is 10.3. The first-order valence-electron chi connectivity index (χ1n) is 7.23. The number of carbonyl (C=O) groups excluding carboxylic acids is 1. The average molecular weight is 280 g/mol. The molecule has 2 aromatic carbocycles. The lowest BCUT2D eigenvalue weighted by molar-refractivity contribution is -0.146. The van der Waals surface area contributed by atoms with E-state index in [9.17, 15) is 4.79 Å². The summed E-state index contributed by atoms with van der Waals surface area (Å²) < 4.78 is 5.17. The van der Waals surface area contributed by atoms with Gasteiger partial charge in [-0.25, -0.2) is 0 Å². The van der Waals surface area contributed by atoms with Gasteiger partial charge in [0.1, 0.15) is 0 Å². The van der Waals surface area contributed by atoms with E-state index in [4.69, 9.17) is 4.74 Å². The smallest absolute Gasteiger partial charge is 0.313 e. The summed E-state index contributed by atoms with van der Waals surface area (Å²) in [6.45, 7) is 2.24. The summed E-state index contributed by atoms with van der Waals surface area (Å²) in [4.78, 5) is 12.1. The lowest BCUT2D eigenvalue weighted by Crippen LogP contribution is -2.18. The fourth-order valence-corrected chi connectivity index (χ4v) is 2.14. The molecule has 2 heteroatoms. The molecule has 108 valence electrons. The summed E-state index contributed by atoms with van der Waals surface area (Å²) in [7, 11) is 0. The van der Waals surface area contributed by atoms with Crippen LogP contribution in [0.4, 0.5) is 0 Å². The average Bonchev–Trinajstić information content (AvgIpc) is 2.53. The zero-order valence-corrected chi connectivity index (χ0v) is 12.2. The molecule has 0 bridgehead atoms. The van der Waals surface area contributed by atoms with E-state index >= 15 is 0 Å². The predicted molar refractivity (Wildman–Crippen MR) is 85.7 cm³/mol. The van der Waals surface area contributed by atoms with Crippen LogP contribution in [-0.2, 0) is 16.0 Å². The van der Waals surface area contributed by atoms with Crippen molar-refractivity contribution in [2.75, 3.05) is 6.61 Å². The molecule has 0 aliphatic heterocycles. The van der Waals surface area contributed by atoms with Gasteiger partial charge in [0.15, 0.2) is 0 Å². The van der Waals surface area contributed by atoms with Gasteiger partial charge < -0.3 is 4.74 Å². The van der Waals surface area contributed by atoms with Crippen LogP contribution in [0.3, 0.4) is 0 Å². The highest BCUT2D eigenvalue weighted by Gasteiger charge is 2.17. The third-order valence-corrected chi connectivity index (χ3v) is 3.21. The molecule has 0 spiro atoms. The minimum atomic E-state index is -0.257. The van der Waals surface area contributed by atoms with E-state index < -0.39 is 0 Å². The fourth-order valence-electron chi connectivity index (χ4n) is 2.14. The molecule has 0 saturated heterocycles. The van der Waals surface area contributed by atoms with E-state index in [-0.39, 0.29) is 11.9 Å². The Morgan fingerprint density at radius 2 is 1.67 bits per heavy atom. The van der Waals surface area contributed by atoms with E-state index in [1.54, 1.807) is 0 Å². The maximum absolute atomic E-state index is 12.1. The summed E-state index contributed by atoms with van der Waals surface area (Å²) in [5, 5.41) is 0. The van der Waals surface area contributed by atoms with Crippen LogP contribution in [0, 0.1) is 5.92 Å². The third-order valence-electron chi connectivity index (χ3n) is 3.21. The minimum absolute atomic E-state index is 0.173. The van der Waals surface area contributed by atoms with Gasteiger partial charge in [-0.05, 0) is 24.5 Å². The molecular weight excluding hydrogens is 260 g/mol. The summed E-state index contributed by atoms with van der Waals surface area (Å²) in [6, 6.07) is 20.0. The van der Waals surface area contributed by atoms with Crippen molar-refractivity contribution in [1.82, 2.24) is 0 Å². The van der Waals surface area contributed by atoms with Crippen LogP contribution in [0.1, 0.15) is 18.1 Å². The largest absolute Gasteiger partial charge is 0.466 e. The molecule has 2 rings (SSSR count). The zero-order valence-electron chi connectivity index (χ0n) is 12.2. The number of benzene rings is 2. The first kappa shape index (κ1) is 15.0. The third kappa shape index (κ3) is 4.92. The molecule has 0 heterocycles. The maximum atomic E-state index is 12.1. The van der Waals surface area contributed by atoms with Crippen LogP contribution >= 0.6 is 0 Å². The molecule has 1 atom stereocenters. The van der Waals surface area contributed by atoms with E-state index in [1.807, 2.05) is 79.7 Å². The second kappa shape index (κ2) is 8.05. The molecule has 0 N–H and O–H groups in total. The predicted octanol–water partition coefficient (Wildman–Crippen LogP) is 4.12. The van der Waals surface area contributed by atoms with E-state index in [1.165, 1.54) is 0 Å². The Balaban J connectivity index is 2.12. The summed E-state index contributed by atoms with van der Waals surface area (Å²) in [6.07, 6.45) is 4.56. The number of ether oxygens (including phenoxy) is 1. The van der Waals surface area contributed by atoms with Gasteiger partial charge in [-0.2, -0.15) is 0 Å². The maximum Gasteiger partial charge on any atom is 0.313 e. The van der Waals surface area contributed by atoms with Crippen molar-refractivity contribution in [3.8, 4) is 0 Å². The van der Waals surface area contributed by atoms with Crippen molar-refractivity contribution in [3.05, 3.63) is 77.9 Å². The Morgan fingerprint density at radius 3 is 2.29 bits per heavy atom. The number of esters is 1. The molecular formula is C19H20O2. The fraction of sp³-hybridized carbons (Fsp3) is 0.211. The van der Waals surface area contributed by atoms with E-state index in [0.29, 0.717) is 13.0 Å². The lowest BCUT2D eigenvalue weighted by atomic mass is 9.98. The molecule has 0 saturated carbocycles. The van der Waals surface area contributed by atoms with Crippen LogP contribution in [0.2, 0.25) is 0 Å². The molecule has 2 aromatic rings. The summed E-state index contributed by atoms with van der Waals surface area (Å²) in [5.74, 6) is -0.430. The molecule has 0 unspecified atom stereocenters. The highest BCUT2D eigenvalue weighted by Crippen LogP contribution is 2.14. The SMILES string of the molecule is CCOC(=O)[C@@H](/C=C/c1ccccc1)Cc1ccccc1. The first-order valence-corrected chi connectivity index (χ1v) is 7.23. The van der Waals surface area contributed by atoms with Crippen LogP contribution in [0.15, 0.2) is 66.7 Å². The van der Waals surface area contributed by atoms with Gasteiger partial charge in [0, 0.05) is 0 Å². The van der Waals surface area contributed by atoms with Crippen LogP contribution in [0.5, 0.6) is 0 Å². The van der Waals surface area contributed by atoms with Gasteiger partial charge in [0.2, 0.25) is 0 Å². The normalized spacial score (nSPS) is 12.2. The number of hydrogen-bond donors (Lipinski definition) is 0. The molecule has 21 heavy (non-hydrogen) atoms. The molecule has 0 fully saturated rings. The second-order valence-electron chi connectivity index (χ2n) is 4.82. The summed E-state index contributed by atoms with van der Waals surface area (Å²) >= 11 is 0. The van der Waals surface area contributed by atoms with Gasteiger partial charge in [0.25, 0.3) is 0 Å². The molecule has 0 aromatic heterocycles. The van der Waals surface area contributed by atoms with Gasteiger partial charge in [-0.1, -0.05) is 72.8 Å². The van der Waals surface area contributed by atoms with Crippen molar-refractivity contribution >= 4 is 12.0 Å². The Bertz CT molecular complexity index is 573. The van der Waals surface area contributed by atoms with Crippen molar-refractivity contribution in [1.29, 1.82) is 0 Å². The van der Waals surface area contributed by atoms with Gasteiger partial charge in [-0.15, -0.1) is 0 Å². The van der Waals surface area contributed by atoms with Crippen LogP contribution in [-0.4, -0.2) is 12.6 Å². The minimum Gasteiger partial charge on any atom is -0.466 e. The molecule has 0 aliphatic carbocycles. The highest BCUT2D eigenvalue weighted by molar-refractivity contribution is 5.76. The Labute approximate surface area is 126 Å². The zero-order chi connectivity index (χ0) is 14.9. The van der Waals surface area contributed by atoms with Crippen LogP contribution in [0.25, 0.3) is 6.08 Å². The van der Waals surface area contributed by atoms with Gasteiger partial charge >= 0.3 is 5.97 Å². The molecule has 0 aliphatic rings. The number of hydrogen-bond acceptors (Lipinski definition) is 2. The quantitative estimate of drug-likeness (QED) is 0.744. The molecule has 2 nitrogen and oxygen atoms in total. The Morgan fingerprint density at radius 1 is 1.05 bits per heavy atom. The monoisotopic (exact) mass is 280 g/mol. The molecule has 0 radical (unpaired) electrons. The van der Waals surface area contributed by atoms with Crippen molar-refractivity contribution in [2.24, 2.45) is 5.92 Å². The Hall–Kier alpha value is -2.35. The number of carbonyl (C=O) groups is 1.